The van der Waals surface area contributed by atoms with E-state index < -0.39 is 4.92 Å². The maximum absolute atomic E-state index is 10.8. The first-order valence-corrected chi connectivity index (χ1v) is 7.87. The first kappa shape index (κ1) is 15.2. The first-order valence-electron chi connectivity index (χ1n) is 6.88. The second-order valence-corrected chi connectivity index (χ2v) is 5.76. The summed E-state index contributed by atoms with van der Waals surface area (Å²) in [6, 6.07) is 16.5. The summed E-state index contributed by atoms with van der Waals surface area (Å²) in [6.07, 6.45) is 0. The monoisotopic (exact) mass is 327 g/mol. The van der Waals surface area contributed by atoms with Crippen molar-refractivity contribution in [2.24, 2.45) is 0 Å². The van der Waals surface area contributed by atoms with Crippen LogP contribution < -0.4 is 0 Å². The lowest BCUT2D eigenvalue weighted by atomic mass is 10.2. The number of nitro groups is 1. The van der Waals surface area contributed by atoms with E-state index in [1.807, 2.05) is 36.4 Å². The minimum Gasteiger partial charge on any atom is -0.258 e. The Morgan fingerprint density at radius 2 is 1.87 bits per heavy atom. The predicted octanol–water partition coefficient (Wildman–Crippen LogP) is 2.92. The zero-order valence-corrected chi connectivity index (χ0v) is 12.9. The standard InChI is InChI=1S/C15H13N5O2S/c21-20(22)14-8-4-7-13(9-14)11-23-15-16-17-18-19(15)10-12-5-2-1-3-6-12/h1-9H,10-11H2. The van der Waals surface area contributed by atoms with Gasteiger partial charge in [0.25, 0.3) is 5.69 Å². The molecule has 0 saturated carbocycles. The van der Waals surface area contributed by atoms with Gasteiger partial charge in [0.05, 0.1) is 11.5 Å². The molecule has 23 heavy (non-hydrogen) atoms. The second-order valence-electron chi connectivity index (χ2n) is 4.82. The molecule has 2 aromatic carbocycles. The summed E-state index contributed by atoms with van der Waals surface area (Å²) in [5.74, 6) is 0.566. The number of aromatic nitrogens is 4. The third kappa shape index (κ3) is 3.92. The van der Waals surface area contributed by atoms with Crippen LogP contribution in [-0.2, 0) is 12.3 Å². The van der Waals surface area contributed by atoms with Gasteiger partial charge in [-0.2, -0.15) is 0 Å². The van der Waals surface area contributed by atoms with Gasteiger partial charge >= 0.3 is 0 Å². The van der Waals surface area contributed by atoms with E-state index in [0.717, 1.165) is 11.1 Å². The van der Waals surface area contributed by atoms with E-state index in [2.05, 4.69) is 15.5 Å². The molecule has 1 heterocycles. The number of hydrogen-bond acceptors (Lipinski definition) is 6. The average Bonchev–Trinajstić information content (AvgIpc) is 3.01. The number of non-ortho nitro benzene ring substituents is 1. The molecule has 3 aromatic rings. The van der Waals surface area contributed by atoms with Crippen molar-refractivity contribution < 1.29 is 4.92 Å². The van der Waals surface area contributed by atoms with Crippen molar-refractivity contribution in [2.45, 2.75) is 17.5 Å². The van der Waals surface area contributed by atoms with Crippen LogP contribution in [0.4, 0.5) is 5.69 Å². The van der Waals surface area contributed by atoms with E-state index in [-0.39, 0.29) is 5.69 Å². The quantitative estimate of drug-likeness (QED) is 0.393. The molecular weight excluding hydrogens is 314 g/mol. The van der Waals surface area contributed by atoms with Gasteiger partial charge in [-0.15, -0.1) is 5.10 Å². The number of benzene rings is 2. The van der Waals surface area contributed by atoms with Crippen LogP contribution in [0, 0.1) is 10.1 Å². The van der Waals surface area contributed by atoms with Crippen LogP contribution in [-0.4, -0.2) is 25.1 Å². The van der Waals surface area contributed by atoms with Gasteiger partial charge in [-0.05, 0) is 21.6 Å². The van der Waals surface area contributed by atoms with Crippen molar-refractivity contribution in [1.82, 2.24) is 20.2 Å². The Morgan fingerprint density at radius 3 is 2.65 bits per heavy atom. The lowest BCUT2D eigenvalue weighted by Gasteiger charge is -2.04. The van der Waals surface area contributed by atoms with E-state index >= 15 is 0 Å². The largest absolute Gasteiger partial charge is 0.269 e. The Kier molecular flexibility index (Phi) is 4.62. The Balaban J connectivity index is 1.69. The van der Waals surface area contributed by atoms with Gasteiger partial charge in [0.15, 0.2) is 0 Å². The summed E-state index contributed by atoms with van der Waals surface area (Å²) in [5, 5.41) is 23.2. The van der Waals surface area contributed by atoms with E-state index in [1.165, 1.54) is 17.8 Å². The SMILES string of the molecule is O=[N+]([O-])c1cccc(CSc2nnnn2Cc2ccccc2)c1. The molecule has 0 spiro atoms. The third-order valence-electron chi connectivity index (χ3n) is 3.16. The van der Waals surface area contributed by atoms with Gasteiger partial charge in [0, 0.05) is 17.9 Å². The molecule has 0 bridgehead atoms. The van der Waals surface area contributed by atoms with E-state index in [0.29, 0.717) is 17.5 Å². The minimum absolute atomic E-state index is 0.0898. The summed E-state index contributed by atoms with van der Waals surface area (Å²) < 4.78 is 1.72. The fourth-order valence-corrected chi connectivity index (χ4v) is 2.88. The van der Waals surface area contributed by atoms with Crippen molar-refractivity contribution in [2.75, 3.05) is 0 Å². The molecule has 0 saturated heterocycles. The Hall–Kier alpha value is -2.74. The zero-order chi connectivity index (χ0) is 16.1. The van der Waals surface area contributed by atoms with Crippen LogP contribution in [0.1, 0.15) is 11.1 Å². The molecule has 3 rings (SSSR count). The number of nitrogens with zero attached hydrogens (tertiary/aromatic N) is 5. The molecule has 0 aliphatic heterocycles. The first-order chi connectivity index (χ1) is 11.2. The van der Waals surface area contributed by atoms with Crippen molar-refractivity contribution in [3.8, 4) is 0 Å². The molecule has 0 fully saturated rings. The highest BCUT2D eigenvalue weighted by Crippen LogP contribution is 2.23. The molecule has 0 amide bonds. The van der Waals surface area contributed by atoms with Gasteiger partial charge < -0.3 is 0 Å². The highest BCUT2D eigenvalue weighted by Gasteiger charge is 2.10. The Morgan fingerprint density at radius 1 is 1.09 bits per heavy atom. The molecule has 0 radical (unpaired) electrons. The highest BCUT2D eigenvalue weighted by atomic mass is 32.2. The van der Waals surface area contributed by atoms with E-state index in [9.17, 15) is 10.1 Å². The number of hydrogen-bond donors (Lipinski definition) is 0. The topological polar surface area (TPSA) is 86.7 Å². The number of rotatable bonds is 6. The van der Waals surface area contributed by atoms with Crippen molar-refractivity contribution in [1.29, 1.82) is 0 Å². The van der Waals surface area contributed by atoms with E-state index in [4.69, 9.17) is 0 Å². The maximum atomic E-state index is 10.8. The predicted molar refractivity (Wildman–Crippen MR) is 86.0 cm³/mol. The molecule has 0 atom stereocenters. The van der Waals surface area contributed by atoms with Gasteiger partial charge in [-0.25, -0.2) is 4.68 Å². The fourth-order valence-electron chi connectivity index (χ4n) is 2.06. The summed E-state index contributed by atoms with van der Waals surface area (Å²) in [4.78, 5) is 10.4. The highest BCUT2D eigenvalue weighted by molar-refractivity contribution is 7.98. The maximum Gasteiger partial charge on any atom is 0.269 e. The average molecular weight is 327 g/mol. The molecule has 0 unspecified atom stereocenters. The third-order valence-corrected chi connectivity index (χ3v) is 4.19. The molecule has 0 aliphatic rings. The van der Waals surface area contributed by atoms with Crippen LogP contribution in [0.2, 0.25) is 0 Å². The lowest BCUT2D eigenvalue weighted by Crippen LogP contribution is -2.03. The number of tetrazole rings is 1. The van der Waals surface area contributed by atoms with Crippen LogP contribution in [0.15, 0.2) is 59.8 Å². The van der Waals surface area contributed by atoms with Crippen LogP contribution in [0.5, 0.6) is 0 Å². The Labute approximate surface area is 136 Å². The molecular formula is C15H13N5O2S. The van der Waals surface area contributed by atoms with Gasteiger partial charge in [-0.3, -0.25) is 10.1 Å². The van der Waals surface area contributed by atoms with Crippen molar-refractivity contribution in [3.05, 3.63) is 75.8 Å². The van der Waals surface area contributed by atoms with Crippen molar-refractivity contribution >= 4 is 17.4 Å². The van der Waals surface area contributed by atoms with Crippen molar-refractivity contribution in [3.63, 3.8) is 0 Å². The minimum atomic E-state index is -0.395. The van der Waals surface area contributed by atoms with Crippen LogP contribution in [0.3, 0.4) is 0 Å². The zero-order valence-electron chi connectivity index (χ0n) is 12.1. The summed E-state index contributed by atoms with van der Waals surface area (Å²) in [6.45, 7) is 0.588. The molecule has 7 nitrogen and oxygen atoms in total. The number of thioether (sulfide) groups is 1. The number of nitro benzene ring substituents is 1. The molecule has 8 heteroatoms. The lowest BCUT2D eigenvalue weighted by molar-refractivity contribution is -0.384. The summed E-state index contributed by atoms with van der Waals surface area (Å²) in [5.41, 5.74) is 2.06. The van der Waals surface area contributed by atoms with Crippen LogP contribution in [0.25, 0.3) is 0 Å². The smallest absolute Gasteiger partial charge is 0.258 e. The van der Waals surface area contributed by atoms with Gasteiger partial charge in [0.1, 0.15) is 0 Å². The summed E-state index contributed by atoms with van der Waals surface area (Å²) >= 11 is 1.45. The molecule has 0 aliphatic carbocycles. The van der Waals surface area contributed by atoms with E-state index in [1.54, 1.807) is 16.8 Å². The molecule has 0 N–H and O–H groups in total. The van der Waals surface area contributed by atoms with Gasteiger partial charge in [0.2, 0.25) is 5.16 Å². The fraction of sp³-hybridized carbons (Fsp3) is 0.133. The second kappa shape index (κ2) is 7.01. The molecule has 1 aromatic heterocycles. The Bertz CT molecular complexity index is 806. The normalized spacial score (nSPS) is 10.6. The molecule has 116 valence electrons. The van der Waals surface area contributed by atoms with Crippen LogP contribution >= 0.6 is 11.8 Å². The van der Waals surface area contributed by atoms with Gasteiger partial charge in [-0.1, -0.05) is 54.2 Å². The summed E-state index contributed by atoms with van der Waals surface area (Å²) in [7, 11) is 0.